The first-order chi connectivity index (χ1) is 15.8. The summed E-state index contributed by atoms with van der Waals surface area (Å²) in [6, 6.07) is 19.3. The van der Waals surface area contributed by atoms with Gasteiger partial charge in [-0.2, -0.15) is 5.10 Å². The quantitative estimate of drug-likeness (QED) is 0.536. The molecule has 0 bridgehead atoms. The van der Waals surface area contributed by atoms with Gasteiger partial charge in [0.1, 0.15) is 11.6 Å². The van der Waals surface area contributed by atoms with E-state index in [9.17, 15) is 17.6 Å². The van der Waals surface area contributed by atoms with Crippen LogP contribution in [0.5, 0.6) is 5.75 Å². The predicted octanol–water partition coefficient (Wildman–Crippen LogP) is 4.51. The summed E-state index contributed by atoms with van der Waals surface area (Å²) >= 11 is 0. The molecule has 0 radical (unpaired) electrons. The summed E-state index contributed by atoms with van der Waals surface area (Å²) < 4.78 is 43.9. The van der Waals surface area contributed by atoms with E-state index >= 15 is 0 Å². The molecular formula is C25H23FN2O4S. The van der Waals surface area contributed by atoms with Crippen molar-refractivity contribution in [1.82, 2.24) is 5.01 Å². The number of rotatable bonds is 6. The van der Waals surface area contributed by atoms with E-state index in [1.807, 2.05) is 24.3 Å². The van der Waals surface area contributed by atoms with Gasteiger partial charge in [-0.05, 0) is 47.0 Å². The minimum Gasteiger partial charge on any atom is -0.497 e. The minimum absolute atomic E-state index is 0.0498. The van der Waals surface area contributed by atoms with Gasteiger partial charge in [0, 0.05) is 13.3 Å². The van der Waals surface area contributed by atoms with Gasteiger partial charge in [-0.3, -0.25) is 4.79 Å². The smallest absolute Gasteiger partial charge is 0.240 e. The largest absolute Gasteiger partial charge is 0.497 e. The molecule has 0 saturated heterocycles. The molecule has 1 aliphatic heterocycles. The van der Waals surface area contributed by atoms with Crippen LogP contribution < -0.4 is 4.74 Å². The predicted molar refractivity (Wildman–Crippen MR) is 123 cm³/mol. The summed E-state index contributed by atoms with van der Waals surface area (Å²) in [7, 11) is -2.07. The van der Waals surface area contributed by atoms with Gasteiger partial charge in [-0.25, -0.2) is 17.8 Å². The molecule has 0 spiro atoms. The minimum atomic E-state index is -3.67. The third-order valence-electron chi connectivity index (χ3n) is 5.53. The number of hydrogen-bond acceptors (Lipinski definition) is 5. The number of halogens is 1. The lowest BCUT2D eigenvalue weighted by Gasteiger charge is -2.20. The van der Waals surface area contributed by atoms with Crippen LogP contribution in [-0.4, -0.2) is 32.2 Å². The van der Waals surface area contributed by atoms with E-state index in [1.54, 1.807) is 31.4 Å². The highest BCUT2D eigenvalue weighted by molar-refractivity contribution is 7.90. The highest BCUT2D eigenvalue weighted by atomic mass is 32.2. The molecule has 170 valence electrons. The SMILES string of the molecule is COc1ccc(C2CC(c3ccc(CS(=O)(=O)c4cccc(F)c4)cc3)=NN2C(C)=O)cc1. The Bertz CT molecular complexity index is 1300. The summed E-state index contributed by atoms with van der Waals surface area (Å²) in [4.78, 5) is 12.2. The molecule has 33 heavy (non-hydrogen) atoms. The van der Waals surface area contributed by atoms with E-state index in [4.69, 9.17) is 4.74 Å². The van der Waals surface area contributed by atoms with E-state index in [0.29, 0.717) is 12.0 Å². The number of hydrogen-bond donors (Lipinski definition) is 0. The molecular weight excluding hydrogens is 443 g/mol. The molecule has 8 heteroatoms. The summed E-state index contributed by atoms with van der Waals surface area (Å²) in [5, 5.41) is 6.00. The molecule has 3 aromatic rings. The molecule has 4 rings (SSSR count). The van der Waals surface area contributed by atoms with Crippen molar-refractivity contribution in [3.8, 4) is 5.75 Å². The fourth-order valence-corrected chi connectivity index (χ4v) is 5.19. The number of benzene rings is 3. The monoisotopic (exact) mass is 466 g/mol. The van der Waals surface area contributed by atoms with Crippen LogP contribution in [0.25, 0.3) is 0 Å². The fraction of sp³-hybridized carbons (Fsp3) is 0.200. The van der Waals surface area contributed by atoms with E-state index in [1.165, 1.54) is 30.1 Å². The Morgan fingerprint density at radius 2 is 1.79 bits per heavy atom. The summed E-state index contributed by atoms with van der Waals surface area (Å²) in [6.45, 7) is 1.48. The number of carbonyl (C=O) groups is 1. The maximum atomic E-state index is 13.4. The van der Waals surface area contributed by atoms with E-state index in [0.717, 1.165) is 28.7 Å². The average Bonchev–Trinajstić information content (AvgIpc) is 3.25. The van der Waals surface area contributed by atoms with Crippen LogP contribution in [0.15, 0.2) is 82.8 Å². The number of hydrazone groups is 1. The van der Waals surface area contributed by atoms with Gasteiger partial charge in [0.05, 0.1) is 29.5 Å². The summed E-state index contributed by atoms with van der Waals surface area (Å²) in [5.74, 6) is -0.260. The number of carbonyl (C=O) groups excluding carboxylic acids is 1. The lowest BCUT2D eigenvalue weighted by atomic mass is 9.98. The van der Waals surface area contributed by atoms with Crippen LogP contribution in [0.3, 0.4) is 0 Å². The first-order valence-corrected chi connectivity index (χ1v) is 12.0. The molecule has 0 aromatic heterocycles. The van der Waals surface area contributed by atoms with Crippen molar-refractivity contribution in [2.75, 3.05) is 7.11 Å². The highest BCUT2D eigenvalue weighted by Gasteiger charge is 2.31. The van der Waals surface area contributed by atoms with Crippen molar-refractivity contribution in [2.45, 2.75) is 30.0 Å². The van der Waals surface area contributed by atoms with Crippen molar-refractivity contribution >= 4 is 21.5 Å². The highest BCUT2D eigenvalue weighted by Crippen LogP contribution is 2.33. The molecule has 0 saturated carbocycles. The lowest BCUT2D eigenvalue weighted by molar-refractivity contribution is -0.130. The van der Waals surface area contributed by atoms with Gasteiger partial charge in [-0.1, -0.05) is 42.5 Å². The molecule has 6 nitrogen and oxygen atoms in total. The first kappa shape index (κ1) is 22.7. The van der Waals surface area contributed by atoms with E-state index < -0.39 is 15.7 Å². The van der Waals surface area contributed by atoms with Gasteiger partial charge in [0.15, 0.2) is 9.84 Å². The van der Waals surface area contributed by atoms with Gasteiger partial charge in [-0.15, -0.1) is 0 Å². The Hall–Kier alpha value is -3.52. The first-order valence-electron chi connectivity index (χ1n) is 10.4. The second-order valence-corrected chi connectivity index (χ2v) is 9.81. The molecule has 1 atom stereocenters. The van der Waals surface area contributed by atoms with Gasteiger partial charge < -0.3 is 4.74 Å². The third kappa shape index (κ3) is 4.96. The zero-order valence-corrected chi connectivity index (χ0v) is 19.0. The molecule has 1 heterocycles. The number of nitrogens with zero attached hydrogens (tertiary/aromatic N) is 2. The molecule has 0 N–H and O–H groups in total. The molecule has 0 aliphatic carbocycles. The van der Waals surface area contributed by atoms with Crippen molar-refractivity contribution in [1.29, 1.82) is 0 Å². The molecule has 0 fully saturated rings. The number of sulfone groups is 1. The summed E-state index contributed by atoms with van der Waals surface area (Å²) in [6.07, 6.45) is 0.535. The van der Waals surface area contributed by atoms with Gasteiger partial charge in [0.2, 0.25) is 5.91 Å². The fourth-order valence-electron chi connectivity index (χ4n) is 3.82. The van der Waals surface area contributed by atoms with Crippen LogP contribution in [-0.2, 0) is 20.4 Å². The zero-order chi connectivity index (χ0) is 23.6. The second-order valence-electron chi connectivity index (χ2n) is 7.82. The molecule has 1 unspecified atom stereocenters. The third-order valence-corrected chi connectivity index (χ3v) is 7.22. The maximum absolute atomic E-state index is 13.4. The Morgan fingerprint density at radius 3 is 2.39 bits per heavy atom. The topological polar surface area (TPSA) is 76.0 Å². The van der Waals surface area contributed by atoms with E-state index in [2.05, 4.69) is 5.10 Å². The lowest BCUT2D eigenvalue weighted by Crippen LogP contribution is -2.24. The Labute approximate surface area is 192 Å². The van der Waals surface area contributed by atoms with Crippen LogP contribution in [0.4, 0.5) is 4.39 Å². The van der Waals surface area contributed by atoms with Crippen molar-refractivity contribution in [3.63, 3.8) is 0 Å². The maximum Gasteiger partial charge on any atom is 0.240 e. The second kappa shape index (κ2) is 9.15. The van der Waals surface area contributed by atoms with Crippen LogP contribution in [0, 0.1) is 5.82 Å². The molecule has 1 amide bonds. The number of methoxy groups -OCH3 is 1. The van der Waals surface area contributed by atoms with Crippen molar-refractivity contribution in [3.05, 3.63) is 95.3 Å². The van der Waals surface area contributed by atoms with Crippen LogP contribution in [0.1, 0.15) is 36.1 Å². The summed E-state index contributed by atoms with van der Waals surface area (Å²) in [5.41, 5.74) is 3.08. The number of ether oxygens (including phenoxy) is 1. The Kier molecular flexibility index (Phi) is 6.29. The van der Waals surface area contributed by atoms with Gasteiger partial charge >= 0.3 is 0 Å². The normalized spacial score (nSPS) is 15.9. The van der Waals surface area contributed by atoms with E-state index in [-0.39, 0.29) is 22.6 Å². The Morgan fingerprint density at radius 1 is 1.09 bits per heavy atom. The molecule has 1 aliphatic rings. The number of amides is 1. The average molecular weight is 467 g/mol. The van der Waals surface area contributed by atoms with Gasteiger partial charge in [0.25, 0.3) is 0 Å². The standard InChI is InChI=1S/C25H23FN2O4S/c1-17(29)28-25(20-10-12-22(32-2)13-11-20)15-24(27-28)19-8-6-18(7-9-19)16-33(30,31)23-5-3-4-21(26)14-23/h3-14,25H,15-16H2,1-2H3. The van der Waals surface area contributed by atoms with Crippen molar-refractivity contribution in [2.24, 2.45) is 5.10 Å². The van der Waals surface area contributed by atoms with Crippen LogP contribution >= 0.6 is 0 Å². The zero-order valence-electron chi connectivity index (χ0n) is 18.2. The molecule has 3 aromatic carbocycles. The van der Waals surface area contributed by atoms with Crippen molar-refractivity contribution < 1.29 is 22.3 Å². The van der Waals surface area contributed by atoms with Crippen LogP contribution in [0.2, 0.25) is 0 Å². The Balaban J connectivity index is 1.53.